The van der Waals surface area contributed by atoms with Gasteiger partial charge >= 0.3 is 6.01 Å². The van der Waals surface area contributed by atoms with Gasteiger partial charge in [-0.05, 0) is 44.7 Å². The average Bonchev–Trinajstić information content (AvgIpc) is 3.67. The van der Waals surface area contributed by atoms with Gasteiger partial charge in [-0.3, -0.25) is 4.90 Å². The number of halogens is 1. The maximum Gasteiger partial charge on any atom is 0.323 e. The van der Waals surface area contributed by atoms with Crippen LogP contribution in [0.4, 0.5) is 21.3 Å². The van der Waals surface area contributed by atoms with Crippen LogP contribution in [0, 0.1) is 11.3 Å². The Morgan fingerprint density at radius 1 is 1.20 bits per heavy atom. The van der Waals surface area contributed by atoms with Gasteiger partial charge in [0.15, 0.2) is 0 Å². The van der Waals surface area contributed by atoms with Gasteiger partial charge in [-0.15, -0.1) is 11.3 Å². The van der Waals surface area contributed by atoms with Gasteiger partial charge in [0.2, 0.25) is 11.9 Å². The largest absolute Gasteiger partial charge is 0.461 e. The van der Waals surface area contributed by atoms with Crippen molar-refractivity contribution in [1.82, 2.24) is 19.9 Å². The van der Waals surface area contributed by atoms with E-state index in [1.54, 1.807) is 0 Å². The molecule has 4 aliphatic heterocycles. The summed E-state index contributed by atoms with van der Waals surface area (Å²) in [5, 5.41) is 31.0. The Bertz CT molecular complexity index is 1380. The minimum Gasteiger partial charge on any atom is -0.461 e. The van der Waals surface area contributed by atoms with Crippen molar-refractivity contribution in [3.8, 4) is 12.1 Å². The predicted molar refractivity (Wildman–Crippen MR) is 147 cm³/mol. The number of aromatic nitrogens is 3. The summed E-state index contributed by atoms with van der Waals surface area (Å²) in [5.74, 6) is 0.798. The molecule has 0 radical (unpaired) electrons. The maximum absolute atomic E-state index is 14.3. The zero-order chi connectivity index (χ0) is 27.9. The van der Waals surface area contributed by atoms with Crippen LogP contribution in [0.25, 0.3) is 0 Å². The number of alkyl halides is 1. The molecule has 1 spiro atoms. The summed E-state index contributed by atoms with van der Waals surface area (Å²) in [7, 11) is 0. The van der Waals surface area contributed by atoms with Crippen LogP contribution in [0.2, 0.25) is 0 Å². The first kappa shape index (κ1) is 26.1. The van der Waals surface area contributed by atoms with Crippen LogP contribution in [0.1, 0.15) is 55.0 Å². The number of ether oxygens (including phenoxy) is 1. The molecular formula is C27H35FN8O3S. The average molecular weight is 571 g/mol. The van der Waals surface area contributed by atoms with Crippen molar-refractivity contribution in [1.29, 1.82) is 5.26 Å². The van der Waals surface area contributed by atoms with Crippen LogP contribution in [-0.4, -0.2) is 99.4 Å². The van der Waals surface area contributed by atoms with Crippen molar-refractivity contribution in [3.05, 3.63) is 16.0 Å². The Morgan fingerprint density at radius 3 is 2.77 bits per heavy atom. The maximum atomic E-state index is 14.3. The van der Waals surface area contributed by atoms with Gasteiger partial charge in [0, 0.05) is 49.3 Å². The molecule has 0 bridgehead atoms. The van der Waals surface area contributed by atoms with E-state index in [-0.39, 0.29) is 30.1 Å². The predicted octanol–water partition coefficient (Wildman–Crippen LogP) is 1.37. The first-order chi connectivity index (χ1) is 19.2. The Labute approximate surface area is 236 Å². The highest BCUT2D eigenvalue weighted by molar-refractivity contribution is 7.16. The summed E-state index contributed by atoms with van der Waals surface area (Å²) in [5.41, 5.74) is 6.61. The highest BCUT2D eigenvalue weighted by Crippen LogP contribution is 2.52. The van der Waals surface area contributed by atoms with Crippen LogP contribution < -0.4 is 20.3 Å². The van der Waals surface area contributed by atoms with Gasteiger partial charge < -0.3 is 30.5 Å². The highest BCUT2D eigenvalue weighted by Gasteiger charge is 2.53. The standard InChI is InChI=1S/C27H35FN8O3S/c1-25(14-37)8-17(38)11-36(25)23-31-22(32-24(33-23)39-15-27-4-2-6-35(27)10-16(28)7-27)34-12-26(13-34)5-3-19-20(26)18(9-29)21(30)40-19/h16-17,37-38H,2-8,10-15,30H2,1H3/t16?,17-,25-,27+/m1/s1. The van der Waals surface area contributed by atoms with Gasteiger partial charge in [-0.2, -0.15) is 20.2 Å². The van der Waals surface area contributed by atoms with Gasteiger partial charge in [-0.1, -0.05) is 0 Å². The smallest absolute Gasteiger partial charge is 0.323 e. The molecule has 4 saturated heterocycles. The number of aryl methyl sites for hydroxylation is 1. The van der Waals surface area contributed by atoms with Crippen LogP contribution in [0.5, 0.6) is 6.01 Å². The number of nitrogens with zero attached hydrogens (tertiary/aromatic N) is 7. The molecule has 4 fully saturated rings. The number of thiophene rings is 1. The number of β-amino-alcohol motifs (C(OH)–C–C–N with tert-alkyl or cyclic N) is 1. The third-order valence-corrected chi connectivity index (χ3v) is 11.0. The first-order valence-electron chi connectivity index (χ1n) is 14.1. The zero-order valence-electron chi connectivity index (χ0n) is 22.6. The fourth-order valence-corrected chi connectivity index (χ4v) is 9.00. The van der Waals surface area contributed by atoms with Crippen LogP contribution in [-0.2, 0) is 11.8 Å². The number of nitrogen functional groups attached to an aromatic ring is 1. The number of nitriles is 1. The SMILES string of the molecule is C[C@]1(CO)C[C@@H](O)CN1c1nc(OC[C@@]23CCCN2CC(F)C3)nc(N2CC3(CCc4sc(N)c(C#N)c43)C2)n1. The van der Waals surface area contributed by atoms with E-state index in [1.165, 1.54) is 16.2 Å². The van der Waals surface area contributed by atoms with E-state index < -0.39 is 17.8 Å². The van der Waals surface area contributed by atoms with E-state index in [4.69, 9.17) is 20.4 Å². The molecule has 11 nitrogen and oxygen atoms in total. The van der Waals surface area contributed by atoms with Crippen LogP contribution in [0.3, 0.4) is 0 Å². The fraction of sp³-hybridized carbons (Fsp3) is 0.704. The van der Waals surface area contributed by atoms with Crippen LogP contribution in [0.15, 0.2) is 0 Å². The number of anilines is 3. The van der Waals surface area contributed by atoms with E-state index in [0.717, 1.165) is 37.8 Å². The summed E-state index contributed by atoms with van der Waals surface area (Å²) < 4.78 is 20.6. The lowest BCUT2D eigenvalue weighted by molar-refractivity contribution is 0.107. The molecule has 1 aliphatic carbocycles. The van der Waals surface area contributed by atoms with Crippen LogP contribution >= 0.6 is 11.3 Å². The Balaban J connectivity index is 1.19. The van der Waals surface area contributed by atoms with Crippen molar-refractivity contribution < 1.29 is 19.3 Å². The molecule has 4 atom stereocenters. The van der Waals surface area contributed by atoms with Crippen molar-refractivity contribution in [3.63, 3.8) is 0 Å². The number of nitrogens with two attached hydrogens (primary N) is 1. The second-order valence-electron chi connectivity index (χ2n) is 12.6. The Hall–Kier alpha value is -2.79. The molecule has 1 unspecified atom stereocenters. The summed E-state index contributed by atoms with van der Waals surface area (Å²) in [6.45, 7) is 4.90. The lowest BCUT2D eigenvalue weighted by Gasteiger charge is -2.48. The normalized spacial score (nSPS) is 32.4. The molecule has 7 rings (SSSR count). The fourth-order valence-electron chi connectivity index (χ4n) is 7.86. The number of fused-ring (bicyclic) bond motifs is 3. The van der Waals surface area contributed by atoms with E-state index in [2.05, 4.69) is 20.9 Å². The van der Waals surface area contributed by atoms with E-state index in [0.29, 0.717) is 61.5 Å². The molecule has 40 heavy (non-hydrogen) atoms. The number of hydrogen-bond acceptors (Lipinski definition) is 12. The molecule has 6 heterocycles. The molecule has 13 heteroatoms. The summed E-state index contributed by atoms with van der Waals surface area (Å²) in [6.07, 6.45) is 3.10. The molecule has 2 aromatic rings. The zero-order valence-corrected chi connectivity index (χ0v) is 23.5. The second-order valence-corrected chi connectivity index (χ2v) is 13.7. The molecule has 0 saturated carbocycles. The minimum absolute atomic E-state index is 0.158. The Morgan fingerprint density at radius 2 is 2.00 bits per heavy atom. The van der Waals surface area contributed by atoms with Gasteiger partial charge in [0.25, 0.3) is 0 Å². The van der Waals surface area contributed by atoms with Crippen molar-refractivity contribution in [2.45, 2.75) is 74.2 Å². The topological polar surface area (TPSA) is 148 Å². The minimum atomic E-state index is -0.859. The third kappa shape index (κ3) is 3.87. The summed E-state index contributed by atoms with van der Waals surface area (Å²) >= 11 is 1.52. The lowest BCUT2D eigenvalue weighted by atomic mass is 9.74. The van der Waals surface area contributed by atoms with E-state index in [1.807, 2.05) is 11.8 Å². The number of aliphatic hydroxyl groups excluding tert-OH is 2. The first-order valence-corrected chi connectivity index (χ1v) is 14.9. The highest BCUT2D eigenvalue weighted by atomic mass is 32.1. The van der Waals surface area contributed by atoms with E-state index in [9.17, 15) is 19.9 Å². The van der Waals surface area contributed by atoms with Crippen molar-refractivity contribution >= 4 is 28.2 Å². The summed E-state index contributed by atoms with van der Waals surface area (Å²) in [6, 6.07) is 2.48. The molecule has 4 N–H and O–H groups in total. The van der Waals surface area contributed by atoms with Crippen molar-refractivity contribution in [2.24, 2.45) is 0 Å². The van der Waals surface area contributed by atoms with Gasteiger partial charge in [0.1, 0.15) is 23.8 Å². The van der Waals surface area contributed by atoms with Gasteiger partial charge in [0.05, 0.1) is 29.4 Å². The Kier molecular flexibility index (Phi) is 5.95. The second kappa shape index (κ2) is 9.11. The third-order valence-electron chi connectivity index (χ3n) is 9.88. The molecule has 0 amide bonds. The molecule has 2 aromatic heterocycles. The molecule has 5 aliphatic rings. The monoisotopic (exact) mass is 570 g/mol. The summed E-state index contributed by atoms with van der Waals surface area (Å²) in [4.78, 5) is 21.4. The van der Waals surface area contributed by atoms with Crippen molar-refractivity contribution in [2.75, 3.05) is 61.5 Å². The molecular weight excluding hydrogens is 535 g/mol. The van der Waals surface area contributed by atoms with E-state index >= 15 is 0 Å². The quantitative estimate of drug-likeness (QED) is 0.462. The molecule has 214 valence electrons. The number of aliphatic hydroxyl groups is 2. The lowest BCUT2D eigenvalue weighted by Crippen LogP contribution is -2.59. The van der Waals surface area contributed by atoms with Gasteiger partial charge in [-0.25, -0.2) is 4.39 Å². The number of rotatable bonds is 6. The number of hydrogen-bond donors (Lipinski definition) is 3. The molecule has 0 aromatic carbocycles.